The van der Waals surface area contributed by atoms with Gasteiger partial charge in [-0.15, -0.1) is 0 Å². The third kappa shape index (κ3) is 4.93. The SMILES string of the molecule is CC(C(=O)N(C/C=C/c1ccccc1)CCCO)N1CCCC1=O. The van der Waals surface area contributed by atoms with Gasteiger partial charge in [0.05, 0.1) is 0 Å². The number of hydrogen-bond acceptors (Lipinski definition) is 3. The molecule has 1 atom stereocenters. The van der Waals surface area contributed by atoms with Gasteiger partial charge in [-0.25, -0.2) is 0 Å². The van der Waals surface area contributed by atoms with Crippen LogP contribution in [0.25, 0.3) is 6.08 Å². The van der Waals surface area contributed by atoms with E-state index in [4.69, 9.17) is 5.11 Å². The van der Waals surface area contributed by atoms with Crippen molar-refractivity contribution in [3.8, 4) is 0 Å². The molecule has 0 aliphatic carbocycles. The molecule has 1 aromatic carbocycles. The van der Waals surface area contributed by atoms with Gasteiger partial charge in [-0.05, 0) is 25.3 Å². The molecule has 0 radical (unpaired) electrons. The number of hydrogen-bond donors (Lipinski definition) is 1. The van der Waals surface area contributed by atoms with E-state index in [9.17, 15) is 9.59 Å². The lowest BCUT2D eigenvalue weighted by molar-refractivity contribution is -0.142. The molecule has 2 rings (SSSR count). The third-order valence-corrected chi connectivity index (χ3v) is 4.27. The zero-order chi connectivity index (χ0) is 17.4. The van der Waals surface area contributed by atoms with Gasteiger partial charge in [0.25, 0.3) is 0 Å². The van der Waals surface area contributed by atoms with E-state index in [1.165, 1.54) is 0 Å². The van der Waals surface area contributed by atoms with Crippen molar-refractivity contribution in [2.24, 2.45) is 0 Å². The van der Waals surface area contributed by atoms with Crippen molar-refractivity contribution in [1.82, 2.24) is 9.80 Å². The van der Waals surface area contributed by atoms with Gasteiger partial charge in [-0.1, -0.05) is 42.5 Å². The average molecular weight is 330 g/mol. The first-order valence-electron chi connectivity index (χ1n) is 8.54. The van der Waals surface area contributed by atoms with Crippen molar-refractivity contribution in [3.63, 3.8) is 0 Å². The summed E-state index contributed by atoms with van der Waals surface area (Å²) in [5.74, 6) is -0.00537. The van der Waals surface area contributed by atoms with Gasteiger partial charge in [0.15, 0.2) is 0 Å². The van der Waals surface area contributed by atoms with Crippen LogP contribution in [0.2, 0.25) is 0 Å². The summed E-state index contributed by atoms with van der Waals surface area (Å²) in [6, 6.07) is 9.46. The Kier molecular flexibility index (Phi) is 7.00. The lowest BCUT2D eigenvalue weighted by Gasteiger charge is -2.29. The minimum absolute atomic E-state index is 0.0448. The van der Waals surface area contributed by atoms with Gasteiger partial charge >= 0.3 is 0 Å². The van der Waals surface area contributed by atoms with Crippen molar-refractivity contribution >= 4 is 17.9 Å². The first-order valence-corrected chi connectivity index (χ1v) is 8.54. The summed E-state index contributed by atoms with van der Waals surface area (Å²) in [6.45, 7) is 3.45. The number of aliphatic hydroxyl groups excluding tert-OH is 1. The van der Waals surface area contributed by atoms with Gasteiger partial charge in [-0.3, -0.25) is 9.59 Å². The Hall–Kier alpha value is -2.14. The van der Waals surface area contributed by atoms with Crippen LogP contribution in [0.4, 0.5) is 0 Å². The van der Waals surface area contributed by atoms with E-state index in [0.717, 1.165) is 12.0 Å². The molecule has 0 aromatic heterocycles. The van der Waals surface area contributed by atoms with E-state index in [1.54, 1.807) is 16.7 Å². The Morgan fingerprint density at radius 3 is 2.75 bits per heavy atom. The van der Waals surface area contributed by atoms with E-state index in [2.05, 4.69) is 0 Å². The summed E-state index contributed by atoms with van der Waals surface area (Å²) in [6.07, 6.45) is 5.81. The Balaban J connectivity index is 1.99. The van der Waals surface area contributed by atoms with E-state index in [0.29, 0.717) is 32.5 Å². The normalized spacial score (nSPS) is 15.9. The zero-order valence-corrected chi connectivity index (χ0v) is 14.2. The molecule has 1 unspecified atom stereocenters. The number of likely N-dealkylation sites (tertiary alicyclic amines) is 1. The maximum atomic E-state index is 12.7. The lowest BCUT2D eigenvalue weighted by atomic mass is 10.2. The molecule has 1 aliphatic rings. The largest absolute Gasteiger partial charge is 0.396 e. The summed E-state index contributed by atoms with van der Waals surface area (Å²) in [4.78, 5) is 28.0. The zero-order valence-electron chi connectivity index (χ0n) is 14.2. The van der Waals surface area contributed by atoms with Crippen LogP contribution in [0.1, 0.15) is 31.7 Å². The van der Waals surface area contributed by atoms with Crippen molar-refractivity contribution in [2.75, 3.05) is 26.2 Å². The van der Waals surface area contributed by atoms with Crippen molar-refractivity contribution in [2.45, 2.75) is 32.2 Å². The minimum atomic E-state index is -0.441. The molecule has 130 valence electrons. The molecule has 1 fully saturated rings. The number of nitrogens with zero attached hydrogens (tertiary/aromatic N) is 2. The quantitative estimate of drug-likeness (QED) is 0.792. The average Bonchev–Trinajstić information content (AvgIpc) is 3.03. The molecule has 0 bridgehead atoms. The maximum absolute atomic E-state index is 12.7. The number of amides is 2. The highest BCUT2D eigenvalue weighted by Gasteiger charge is 2.31. The van der Waals surface area contributed by atoms with Crippen LogP contribution in [-0.4, -0.2) is 59.0 Å². The predicted molar refractivity (Wildman–Crippen MR) is 94.2 cm³/mol. The minimum Gasteiger partial charge on any atom is -0.396 e. The molecule has 5 nitrogen and oxygen atoms in total. The molecular weight excluding hydrogens is 304 g/mol. The summed E-state index contributed by atoms with van der Waals surface area (Å²) < 4.78 is 0. The first-order chi connectivity index (χ1) is 11.6. The van der Waals surface area contributed by atoms with Crippen LogP contribution in [0.15, 0.2) is 36.4 Å². The Morgan fingerprint density at radius 1 is 1.38 bits per heavy atom. The van der Waals surface area contributed by atoms with Gasteiger partial charge in [0.2, 0.25) is 11.8 Å². The van der Waals surface area contributed by atoms with Gasteiger partial charge in [-0.2, -0.15) is 0 Å². The van der Waals surface area contributed by atoms with E-state index < -0.39 is 6.04 Å². The highest BCUT2D eigenvalue weighted by atomic mass is 16.3. The monoisotopic (exact) mass is 330 g/mol. The summed E-state index contributed by atoms with van der Waals surface area (Å²) in [5, 5.41) is 9.07. The van der Waals surface area contributed by atoms with E-state index in [1.807, 2.05) is 42.5 Å². The molecule has 24 heavy (non-hydrogen) atoms. The number of rotatable bonds is 8. The Morgan fingerprint density at radius 2 is 2.12 bits per heavy atom. The first kappa shape index (κ1) is 18.2. The molecule has 0 saturated carbocycles. The Labute approximate surface area is 143 Å². The number of aliphatic hydroxyl groups is 1. The molecule has 1 aliphatic heterocycles. The standard InChI is InChI=1S/C19H26N2O3/c1-16(21-14-6-11-18(21)23)19(24)20(13-7-15-22)12-5-10-17-8-3-2-4-9-17/h2-5,8-10,16,22H,6-7,11-15H2,1H3/b10-5+. The molecule has 0 spiro atoms. The second kappa shape index (κ2) is 9.23. The molecule has 1 aromatic rings. The van der Waals surface area contributed by atoms with E-state index in [-0.39, 0.29) is 18.4 Å². The van der Waals surface area contributed by atoms with Crippen LogP contribution in [0.3, 0.4) is 0 Å². The highest BCUT2D eigenvalue weighted by molar-refractivity contribution is 5.88. The molecule has 2 amide bonds. The second-order valence-electron chi connectivity index (χ2n) is 6.04. The topological polar surface area (TPSA) is 60.9 Å². The summed E-state index contributed by atoms with van der Waals surface area (Å²) in [7, 11) is 0. The van der Waals surface area contributed by atoms with Crippen molar-refractivity contribution < 1.29 is 14.7 Å². The van der Waals surface area contributed by atoms with Crippen LogP contribution >= 0.6 is 0 Å². The van der Waals surface area contributed by atoms with Crippen molar-refractivity contribution in [1.29, 1.82) is 0 Å². The van der Waals surface area contributed by atoms with Crippen LogP contribution in [-0.2, 0) is 9.59 Å². The lowest BCUT2D eigenvalue weighted by Crippen LogP contribution is -2.48. The number of benzene rings is 1. The second-order valence-corrected chi connectivity index (χ2v) is 6.04. The number of carbonyl (C=O) groups excluding carboxylic acids is 2. The van der Waals surface area contributed by atoms with Gasteiger partial charge < -0.3 is 14.9 Å². The predicted octanol–water partition coefficient (Wildman–Crippen LogP) is 1.92. The molecule has 1 saturated heterocycles. The third-order valence-electron chi connectivity index (χ3n) is 4.27. The molecule has 1 N–H and O–H groups in total. The van der Waals surface area contributed by atoms with Gasteiger partial charge in [0, 0.05) is 32.7 Å². The molecular formula is C19H26N2O3. The fraction of sp³-hybridized carbons (Fsp3) is 0.474. The van der Waals surface area contributed by atoms with Crippen LogP contribution in [0, 0.1) is 0 Å². The summed E-state index contributed by atoms with van der Waals surface area (Å²) in [5.41, 5.74) is 1.08. The van der Waals surface area contributed by atoms with Crippen LogP contribution in [0.5, 0.6) is 0 Å². The fourth-order valence-electron chi connectivity index (χ4n) is 2.91. The van der Waals surface area contributed by atoms with Crippen LogP contribution < -0.4 is 0 Å². The smallest absolute Gasteiger partial charge is 0.245 e. The molecule has 5 heteroatoms. The molecule has 1 heterocycles. The van der Waals surface area contributed by atoms with Gasteiger partial charge in [0.1, 0.15) is 6.04 Å². The van der Waals surface area contributed by atoms with Crippen molar-refractivity contribution in [3.05, 3.63) is 42.0 Å². The summed E-state index contributed by atoms with van der Waals surface area (Å²) >= 11 is 0. The fourth-order valence-corrected chi connectivity index (χ4v) is 2.91. The maximum Gasteiger partial charge on any atom is 0.245 e. The highest BCUT2D eigenvalue weighted by Crippen LogP contribution is 2.15. The Bertz CT molecular complexity index is 571. The van der Waals surface area contributed by atoms with E-state index >= 15 is 0 Å². The number of carbonyl (C=O) groups is 2.